The number of hydrogen-bond acceptors (Lipinski definition) is 4. The van der Waals surface area contributed by atoms with Gasteiger partial charge < -0.3 is 14.7 Å². The maximum Gasteiger partial charge on any atom is 0.120 e. The first-order valence-corrected chi connectivity index (χ1v) is 6.13. The van der Waals surface area contributed by atoms with E-state index in [1.54, 1.807) is 20.2 Å². The maximum atomic E-state index is 9.45. The number of hydrogen-bond donors (Lipinski definition) is 1. The van der Waals surface area contributed by atoms with Crippen LogP contribution in [0, 0.1) is 0 Å². The zero-order chi connectivity index (χ0) is 13.8. The van der Waals surface area contributed by atoms with E-state index in [4.69, 9.17) is 4.74 Å². The van der Waals surface area contributed by atoms with Gasteiger partial charge in [-0.25, -0.2) is 0 Å². The summed E-state index contributed by atoms with van der Waals surface area (Å²) in [6.45, 7) is 1.70. The smallest absolute Gasteiger partial charge is 0.120 e. The highest BCUT2D eigenvalue weighted by molar-refractivity contribution is 5.63. The highest BCUT2D eigenvalue weighted by atomic mass is 16.5. The third-order valence-corrected chi connectivity index (χ3v) is 3.03. The molecule has 4 heteroatoms. The van der Waals surface area contributed by atoms with Crippen molar-refractivity contribution in [2.75, 3.05) is 19.1 Å². The van der Waals surface area contributed by atoms with Crippen molar-refractivity contribution in [2.24, 2.45) is 0 Å². The van der Waals surface area contributed by atoms with Gasteiger partial charge in [-0.1, -0.05) is 6.07 Å². The summed E-state index contributed by atoms with van der Waals surface area (Å²) in [6, 6.07) is 11.6. The molecule has 2 rings (SSSR count). The second-order valence-corrected chi connectivity index (χ2v) is 4.38. The first-order valence-electron chi connectivity index (χ1n) is 6.13. The topological polar surface area (TPSA) is 45.6 Å². The Morgan fingerprint density at radius 3 is 2.58 bits per heavy atom. The summed E-state index contributed by atoms with van der Waals surface area (Å²) in [7, 11) is 3.62. The van der Waals surface area contributed by atoms with Gasteiger partial charge in [-0.3, -0.25) is 4.98 Å². The van der Waals surface area contributed by atoms with Crippen LogP contribution in [0.25, 0.3) is 0 Å². The minimum atomic E-state index is -0.545. The van der Waals surface area contributed by atoms with Crippen LogP contribution in [0.3, 0.4) is 0 Å². The normalized spacial score (nSPS) is 12.0. The van der Waals surface area contributed by atoms with Crippen LogP contribution in [-0.2, 0) is 0 Å². The molecule has 2 aromatic rings. The molecule has 0 amide bonds. The molecule has 0 radical (unpaired) electrons. The lowest BCUT2D eigenvalue weighted by atomic mass is 10.2. The molecule has 100 valence electrons. The van der Waals surface area contributed by atoms with E-state index in [1.807, 2.05) is 48.3 Å². The van der Waals surface area contributed by atoms with Gasteiger partial charge in [0.1, 0.15) is 5.75 Å². The Morgan fingerprint density at radius 1 is 1.21 bits per heavy atom. The van der Waals surface area contributed by atoms with Crippen molar-refractivity contribution in [3.63, 3.8) is 0 Å². The van der Waals surface area contributed by atoms with Crippen molar-refractivity contribution in [2.45, 2.75) is 13.0 Å². The Bertz CT molecular complexity index is 538. The number of aliphatic hydroxyl groups excluding tert-OH is 1. The number of ether oxygens (including phenoxy) is 1. The number of aliphatic hydroxyl groups is 1. The fourth-order valence-corrected chi connectivity index (χ4v) is 1.81. The third-order valence-electron chi connectivity index (χ3n) is 3.03. The van der Waals surface area contributed by atoms with Crippen molar-refractivity contribution in [1.29, 1.82) is 0 Å². The molecule has 1 unspecified atom stereocenters. The lowest BCUT2D eigenvalue weighted by Gasteiger charge is -2.20. The fourth-order valence-electron chi connectivity index (χ4n) is 1.81. The molecule has 0 fully saturated rings. The number of anilines is 2. The van der Waals surface area contributed by atoms with E-state index in [2.05, 4.69) is 4.98 Å². The molecule has 0 saturated heterocycles. The van der Waals surface area contributed by atoms with Crippen LogP contribution in [0.2, 0.25) is 0 Å². The summed E-state index contributed by atoms with van der Waals surface area (Å²) in [5.41, 5.74) is 2.64. The van der Waals surface area contributed by atoms with Crippen molar-refractivity contribution in [3.05, 3.63) is 48.3 Å². The second kappa shape index (κ2) is 5.71. The van der Waals surface area contributed by atoms with Gasteiger partial charge in [-0.2, -0.15) is 0 Å². The summed E-state index contributed by atoms with van der Waals surface area (Å²) >= 11 is 0. The van der Waals surface area contributed by atoms with E-state index in [1.165, 1.54) is 0 Å². The molecule has 4 nitrogen and oxygen atoms in total. The van der Waals surface area contributed by atoms with E-state index in [-0.39, 0.29) is 0 Å². The predicted octanol–water partition coefficient (Wildman–Crippen LogP) is 2.91. The summed E-state index contributed by atoms with van der Waals surface area (Å²) in [4.78, 5) is 6.26. The lowest BCUT2D eigenvalue weighted by Crippen LogP contribution is -2.10. The molecule has 0 aliphatic rings. The van der Waals surface area contributed by atoms with Gasteiger partial charge in [0.05, 0.1) is 30.8 Å². The van der Waals surface area contributed by atoms with Crippen molar-refractivity contribution < 1.29 is 9.84 Å². The van der Waals surface area contributed by atoms with Crippen LogP contribution in [0.4, 0.5) is 11.4 Å². The molecule has 1 heterocycles. The van der Waals surface area contributed by atoms with Crippen LogP contribution >= 0.6 is 0 Å². The quantitative estimate of drug-likeness (QED) is 0.916. The van der Waals surface area contributed by atoms with E-state index in [9.17, 15) is 5.11 Å². The number of benzene rings is 1. The molecule has 0 aliphatic carbocycles. The molecule has 1 N–H and O–H groups in total. The van der Waals surface area contributed by atoms with E-state index >= 15 is 0 Å². The summed E-state index contributed by atoms with van der Waals surface area (Å²) in [6.07, 6.45) is 1.21. The minimum Gasteiger partial charge on any atom is -0.497 e. The molecule has 0 spiro atoms. The third kappa shape index (κ3) is 3.03. The number of pyridine rings is 1. The fraction of sp³-hybridized carbons (Fsp3) is 0.267. The highest BCUT2D eigenvalue weighted by Crippen LogP contribution is 2.26. The standard InChI is InChI=1S/C15H18N2O2/c1-11(18)15-8-7-13(10-16-15)17(2)12-5-4-6-14(9-12)19-3/h4-11,18H,1-3H3. The van der Waals surface area contributed by atoms with Crippen LogP contribution < -0.4 is 9.64 Å². The maximum absolute atomic E-state index is 9.45. The number of aromatic nitrogens is 1. The highest BCUT2D eigenvalue weighted by Gasteiger charge is 2.07. The molecule has 1 atom stereocenters. The van der Waals surface area contributed by atoms with Crippen LogP contribution in [-0.4, -0.2) is 24.2 Å². The zero-order valence-corrected chi connectivity index (χ0v) is 11.4. The monoisotopic (exact) mass is 258 g/mol. The largest absolute Gasteiger partial charge is 0.497 e. The minimum absolute atomic E-state index is 0.545. The summed E-state index contributed by atoms with van der Waals surface area (Å²) in [5.74, 6) is 0.818. The van der Waals surface area contributed by atoms with Gasteiger partial charge >= 0.3 is 0 Å². The Labute approximate surface area is 113 Å². The molecule has 0 aliphatic heterocycles. The van der Waals surface area contributed by atoms with Crippen LogP contribution in [0.15, 0.2) is 42.6 Å². The Morgan fingerprint density at radius 2 is 2.00 bits per heavy atom. The van der Waals surface area contributed by atoms with Gasteiger partial charge in [0.2, 0.25) is 0 Å². The molecular formula is C15H18N2O2. The van der Waals surface area contributed by atoms with Crippen molar-refractivity contribution >= 4 is 11.4 Å². The van der Waals surface area contributed by atoms with Gasteiger partial charge in [0, 0.05) is 18.8 Å². The second-order valence-electron chi connectivity index (χ2n) is 4.38. The van der Waals surface area contributed by atoms with Crippen molar-refractivity contribution in [1.82, 2.24) is 4.98 Å². The molecule has 0 saturated carbocycles. The Balaban J connectivity index is 2.25. The van der Waals surface area contributed by atoms with E-state index < -0.39 is 6.10 Å². The molecule has 1 aromatic heterocycles. The molecule has 19 heavy (non-hydrogen) atoms. The van der Waals surface area contributed by atoms with E-state index in [0.717, 1.165) is 17.1 Å². The molecule has 0 bridgehead atoms. The van der Waals surface area contributed by atoms with Crippen LogP contribution in [0.1, 0.15) is 18.7 Å². The predicted molar refractivity (Wildman–Crippen MR) is 75.9 cm³/mol. The van der Waals surface area contributed by atoms with Gasteiger partial charge in [-0.15, -0.1) is 0 Å². The van der Waals surface area contributed by atoms with Gasteiger partial charge in [0.25, 0.3) is 0 Å². The average molecular weight is 258 g/mol. The lowest BCUT2D eigenvalue weighted by molar-refractivity contribution is 0.194. The summed E-state index contributed by atoms with van der Waals surface area (Å²) in [5, 5.41) is 9.45. The number of methoxy groups -OCH3 is 1. The van der Waals surface area contributed by atoms with Crippen LogP contribution in [0.5, 0.6) is 5.75 Å². The van der Waals surface area contributed by atoms with Gasteiger partial charge in [0.15, 0.2) is 0 Å². The number of nitrogens with zero attached hydrogens (tertiary/aromatic N) is 2. The average Bonchev–Trinajstić information content (AvgIpc) is 2.46. The Hall–Kier alpha value is -2.07. The summed E-state index contributed by atoms with van der Waals surface area (Å²) < 4.78 is 5.22. The number of rotatable bonds is 4. The SMILES string of the molecule is COc1cccc(N(C)c2ccc(C(C)O)nc2)c1. The van der Waals surface area contributed by atoms with E-state index in [0.29, 0.717) is 5.69 Å². The van der Waals surface area contributed by atoms with Gasteiger partial charge in [-0.05, 0) is 31.2 Å². The Kier molecular flexibility index (Phi) is 4.02. The first kappa shape index (κ1) is 13.4. The van der Waals surface area contributed by atoms with Crippen molar-refractivity contribution in [3.8, 4) is 5.75 Å². The zero-order valence-electron chi connectivity index (χ0n) is 11.4. The molecular weight excluding hydrogens is 240 g/mol. The molecule has 1 aromatic carbocycles. The first-order chi connectivity index (χ1) is 9.11.